The molecule has 1 aliphatic rings. The third kappa shape index (κ3) is 4.20. The third-order valence-electron chi connectivity index (χ3n) is 4.71. The molecule has 122 valence electrons. The molecule has 0 aromatic heterocycles. The van der Waals surface area contributed by atoms with E-state index in [1.165, 1.54) is 11.1 Å². The highest BCUT2D eigenvalue weighted by molar-refractivity contribution is 5.16. The molecule has 0 spiro atoms. The van der Waals surface area contributed by atoms with Crippen molar-refractivity contribution in [2.75, 3.05) is 27.2 Å². The maximum Gasteiger partial charge on any atom is 0.0865 e. The molecule has 0 radical (unpaired) electrons. The van der Waals surface area contributed by atoms with Crippen LogP contribution in [0.1, 0.15) is 11.1 Å². The predicted molar refractivity (Wildman–Crippen MR) is 94.2 cm³/mol. The molecular weight excluding hydrogens is 284 g/mol. The van der Waals surface area contributed by atoms with Gasteiger partial charge in [0.05, 0.1) is 6.10 Å². The Labute approximate surface area is 139 Å². The van der Waals surface area contributed by atoms with Gasteiger partial charge in [0.15, 0.2) is 0 Å². The average molecular weight is 310 g/mol. The van der Waals surface area contributed by atoms with E-state index in [0.717, 1.165) is 26.2 Å². The van der Waals surface area contributed by atoms with Crippen LogP contribution in [0.2, 0.25) is 0 Å². The van der Waals surface area contributed by atoms with E-state index < -0.39 is 0 Å². The van der Waals surface area contributed by atoms with E-state index in [4.69, 9.17) is 4.74 Å². The molecule has 3 heteroatoms. The minimum atomic E-state index is 0.271. The topological polar surface area (TPSA) is 15.7 Å². The fourth-order valence-corrected chi connectivity index (χ4v) is 3.45. The zero-order chi connectivity index (χ0) is 16.1. The normalized spacial score (nSPS) is 21.9. The summed E-state index contributed by atoms with van der Waals surface area (Å²) in [5, 5.41) is 0. The van der Waals surface area contributed by atoms with Gasteiger partial charge in [-0.25, -0.2) is 0 Å². The van der Waals surface area contributed by atoms with E-state index >= 15 is 0 Å². The summed E-state index contributed by atoms with van der Waals surface area (Å²) < 4.78 is 5.77. The van der Waals surface area contributed by atoms with Crippen molar-refractivity contribution in [3.05, 3.63) is 71.8 Å². The second kappa shape index (κ2) is 7.73. The highest BCUT2D eigenvalue weighted by Gasteiger charge is 2.35. The van der Waals surface area contributed by atoms with Crippen LogP contribution in [0.3, 0.4) is 0 Å². The van der Waals surface area contributed by atoms with Crippen molar-refractivity contribution >= 4 is 0 Å². The molecule has 0 saturated carbocycles. The number of likely N-dealkylation sites (N-methyl/N-ethyl adjacent to an activating group) is 1. The number of nitrogens with zero attached hydrogens (tertiary/aromatic N) is 2. The van der Waals surface area contributed by atoms with Crippen molar-refractivity contribution in [3.8, 4) is 0 Å². The summed E-state index contributed by atoms with van der Waals surface area (Å²) >= 11 is 0. The molecule has 2 aromatic rings. The van der Waals surface area contributed by atoms with Gasteiger partial charge in [0.25, 0.3) is 0 Å². The van der Waals surface area contributed by atoms with Gasteiger partial charge in [-0.2, -0.15) is 0 Å². The minimum Gasteiger partial charge on any atom is -0.378 e. The van der Waals surface area contributed by atoms with Crippen molar-refractivity contribution in [2.45, 2.75) is 25.2 Å². The number of likely N-dealkylation sites (tertiary alicyclic amines) is 1. The van der Waals surface area contributed by atoms with Crippen LogP contribution in [0.4, 0.5) is 0 Å². The molecule has 1 heterocycles. The zero-order valence-electron chi connectivity index (χ0n) is 14.1. The lowest BCUT2D eigenvalue weighted by molar-refractivity contribution is 0.0503. The fraction of sp³-hybridized carbons (Fsp3) is 0.400. The second-order valence-corrected chi connectivity index (χ2v) is 6.42. The SMILES string of the molecule is CO[C@@H]1CN(Cc2ccccc2)C[C@H]1N(C)Cc1ccccc1. The van der Waals surface area contributed by atoms with Crippen LogP contribution in [-0.4, -0.2) is 49.2 Å². The van der Waals surface area contributed by atoms with Crippen molar-refractivity contribution < 1.29 is 4.74 Å². The molecule has 0 aliphatic carbocycles. The van der Waals surface area contributed by atoms with Crippen LogP contribution in [0.5, 0.6) is 0 Å². The summed E-state index contributed by atoms with van der Waals surface area (Å²) in [6, 6.07) is 21.8. The molecule has 1 saturated heterocycles. The Morgan fingerprint density at radius 3 is 2.17 bits per heavy atom. The first-order valence-electron chi connectivity index (χ1n) is 8.29. The van der Waals surface area contributed by atoms with Crippen molar-refractivity contribution in [1.29, 1.82) is 0 Å². The van der Waals surface area contributed by atoms with Gasteiger partial charge in [-0.05, 0) is 18.2 Å². The van der Waals surface area contributed by atoms with Gasteiger partial charge < -0.3 is 4.74 Å². The molecule has 2 atom stereocenters. The monoisotopic (exact) mass is 310 g/mol. The van der Waals surface area contributed by atoms with E-state index in [-0.39, 0.29) is 6.10 Å². The molecule has 0 unspecified atom stereocenters. The Hall–Kier alpha value is -1.68. The van der Waals surface area contributed by atoms with Crippen LogP contribution in [0.25, 0.3) is 0 Å². The summed E-state index contributed by atoms with van der Waals surface area (Å²) in [4.78, 5) is 4.92. The largest absolute Gasteiger partial charge is 0.378 e. The van der Waals surface area contributed by atoms with Gasteiger partial charge in [-0.3, -0.25) is 9.80 Å². The number of ether oxygens (including phenoxy) is 1. The van der Waals surface area contributed by atoms with E-state index in [1.54, 1.807) is 0 Å². The maximum atomic E-state index is 5.77. The lowest BCUT2D eigenvalue weighted by Crippen LogP contribution is -2.41. The van der Waals surface area contributed by atoms with Gasteiger partial charge >= 0.3 is 0 Å². The van der Waals surface area contributed by atoms with Gasteiger partial charge in [0, 0.05) is 39.3 Å². The number of benzene rings is 2. The lowest BCUT2D eigenvalue weighted by atomic mass is 10.1. The van der Waals surface area contributed by atoms with Crippen LogP contribution in [-0.2, 0) is 17.8 Å². The molecule has 0 bridgehead atoms. The summed E-state index contributed by atoms with van der Waals surface area (Å²) in [5.41, 5.74) is 2.72. The first-order valence-corrected chi connectivity index (χ1v) is 8.29. The molecule has 2 aromatic carbocycles. The van der Waals surface area contributed by atoms with Crippen molar-refractivity contribution in [3.63, 3.8) is 0 Å². The molecule has 3 rings (SSSR count). The number of methoxy groups -OCH3 is 1. The predicted octanol–water partition coefficient (Wildman–Crippen LogP) is 3.02. The highest BCUT2D eigenvalue weighted by Crippen LogP contribution is 2.21. The van der Waals surface area contributed by atoms with Gasteiger partial charge in [0.1, 0.15) is 0 Å². The van der Waals surface area contributed by atoms with E-state index in [2.05, 4.69) is 77.5 Å². The van der Waals surface area contributed by atoms with E-state index in [1.807, 2.05) is 7.11 Å². The fourth-order valence-electron chi connectivity index (χ4n) is 3.45. The number of rotatable bonds is 6. The molecule has 0 N–H and O–H groups in total. The average Bonchev–Trinajstić information content (AvgIpc) is 3.00. The molecule has 1 aliphatic heterocycles. The molecule has 0 amide bonds. The highest BCUT2D eigenvalue weighted by atomic mass is 16.5. The lowest BCUT2D eigenvalue weighted by Gasteiger charge is -2.28. The Bertz CT molecular complexity index is 587. The van der Waals surface area contributed by atoms with Gasteiger partial charge in [0.2, 0.25) is 0 Å². The van der Waals surface area contributed by atoms with Crippen LogP contribution >= 0.6 is 0 Å². The first kappa shape index (κ1) is 16.2. The molecular formula is C20H26N2O. The Balaban J connectivity index is 1.62. The summed E-state index contributed by atoms with van der Waals surface area (Å²) in [6.45, 7) is 4.01. The molecule has 1 fully saturated rings. The molecule has 3 nitrogen and oxygen atoms in total. The maximum absolute atomic E-state index is 5.77. The number of hydrogen-bond donors (Lipinski definition) is 0. The van der Waals surface area contributed by atoms with E-state index in [0.29, 0.717) is 6.04 Å². The van der Waals surface area contributed by atoms with Gasteiger partial charge in [-0.15, -0.1) is 0 Å². The Kier molecular flexibility index (Phi) is 5.44. The van der Waals surface area contributed by atoms with E-state index in [9.17, 15) is 0 Å². The first-order chi connectivity index (χ1) is 11.3. The van der Waals surface area contributed by atoms with Crippen LogP contribution in [0.15, 0.2) is 60.7 Å². The number of hydrogen-bond acceptors (Lipinski definition) is 3. The second-order valence-electron chi connectivity index (χ2n) is 6.42. The van der Waals surface area contributed by atoms with Crippen LogP contribution in [0, 0.1) is 0 Å². The summed E-state index contributed by atoms with van der Waals surface area (Å²) in [6.07, 6.45) is 0.271. The smallest absolute Gasteiger partial charge is 0.0865 e. The quantitative estimate of drug-likeness (QED) is 0.816. The standard InChI is InChI=1S/C20H26N2O/c1-21(13-17-9-5-3-6-10-17)19-15-22(16-20(19)23-2)14-18-11-7-4-8-12-18/h3-12,19-20H,13-16H2,1-2H3/t19-,20-/m1/s1. The van der Waals surface area contributed by atoms with Crippen molar-refractivity contribution in [1.82, 2.24) is 9.80 Å². The van der Waals surface area contributed by atoms with Crippen LogP contribution < -0.4 is 0 Å². The summed E-state index contributed by atoms with van der Waals surface area (Å²) in [7, 11) is 4.04. The Morgan fingerprint density at radius 2 is 1.57 bits per heavy atom. The summed E-state index contributed by atoms with van der Waals surface area (Å²) in [5.74, 6) is 0. The van der Waals surface area contributed by atoms with Crippen molar-refractivity contribution in [2.24, 2.45) is 0 Å². The minimum absolute atomic E-state index is 0.271. The molecule has 23 heavy (non-hydrogen) atoms. The Morgan fingerprint density at radius 1 is 0.957 bits per heavy atom. The third-order valence-corrected chi connectivity index (χ3v) is 4.71. The zero-order valence-corrected chi connectivity index (χ0v) is 14.1. The van der Waals surface area contributed by atoms with Gasteiger partial charge in [-0.1, -0.05) is 60.7 Å².